The molecule has 1 heterocycles. The van der Waals surface area contributed by atoms with Crippen molar-refractivity contribution in [2.45, 2.75) is 26.8 Å². The van der Waals surface area contributed by atoms with Crippen molar-refractivity contribution in [2.75, 3.05) is 0 Å². The summed E-state index contributed by atoms with van der Waals surface area (Å²) in [5.41, 5.74) is 1.94. The summed E-state index contributed by atoms with van der Waals surface area (Å²) in [7, 11) is 0. The normalized spacial score (nSPS) is 12.8. The fourth-order valence-corrected chi connectivity index (χ4v) is 1.97. The highest BCUT2D eigenvalue weighted by atomic mass is 16.4. The average Bonchev–Trinajstić information content (AvgIpc) is 2.68. The second-order valence-electron chi connectivity index (χ2n) is 4.22. The number of aromatic nitrogens is 2. The van der Waals surface area contributed by atoms with Gasteiger partial charge in [0.15, 0.2) is 0 Å². The van der Waals surface area contributed by atoms with Crippen LogP contribution in [0.15, 0.2) is 24.3 Å². The number of hydrogen-bond acceptors (Lipinski definition) is 2. The minimum atomic E-state index is -0.778. The van der Waals surface area contributed by atoms with Crippen LogP contribution in [0.4, 0.5) is 0 Å². The van der Waals surface area contributed by atoms with Gasteiger partial charge in [-0.3, -0.25) is 9.48 Å². The lowest BCUT2D eigenvalue weighted by atomic mass is 10.0. The fourth-order valence-electron chi connectivity index (χ4n) is 1.97. The molecule has 0 radical (unpaired) electrons. The van der Waals surface area contributed by atoms with E-state index in [2.05, 4.69) is 5.10 Å². The average molecular weight is 232 g/mol. The maximum atomic E-state index is 10.9. The second kappa shape index (κ2) is 4.57. The highest BCUT2D eigenvalue weighted by molar-refractivity contribution is 5.82. The molecule has 1 aromatic heterocycles. The van der Waals surface area contributed by atoms with Crippen LogP contribution in [0.3, 0.4) is 0 Å². The quantitative estimate of drug-likeness (QED) is 0.880. The first-order valence-electron chi connectivity index (χ1n) is 5.80. The molecule has 0 aliphatic rings. The molecule has 0 aliphatic carbocycles. The van der Waals surface area contributed by atoms with Crippen LogP contribution in [0.2, 0.25) is 0 Å². The third kappa shape index (κ3) is 2.16. The lowest BCUT2D eigenvalue weighted by molar-refractivity contribution is -0.141. The Labute approximate surface area is 99.9 Å². The van der Waals surface area contributed by atoms with E-state index in [1.54, 1.807) is 6.92 Å². The molecule has 0 saturated carbocycles. The molecular weight excluding hydrogens is 216 g/mol. The van der Waals surface area contributed by atoms with Gasteiger partial charge in [-0.1, -0.05) is 25.1 Å². The van der Waals surface area contributed by atoms with E-state index in [1.165, 1.54) is 0 Å². The van der Waals surface area contributed by atoms with Gasteiger partial charge in [-0.15, -0.1) is 0 Å². The molecule has 0 bridgehead atoms. The summed E-state index contributed by atoms with van der Waals surface area (Å²) in [6.45, 7) is 4.54. The number of benzene rings is 1. The SMILES string of the molecule is CCn1nc(CC(C)C(=O)O)c2ccccc21. The number of nitrogens with zero attached hydrogens (tertiary/aromatic N) is 2. The number of hydrogen-bond donors (Lipinski definition) is 1. The number of rotatable bonds is 4. The Morgan fingerprint density at radius 1 is 1.47 bits per heavy atom. The standard InChI is InChI=1S/C13H16N2O2/c1-3-15-12-7-5-4-6-10(12)11(14-15)8-9(2)13(16)17/h4-7,9H,3,8H2,1-2H3,(H,16,17). The van der Waals surface area contributed by atoms with Crippen molar-refractivity contribution in [1.82, 2.24) is 9.78 Å². The number of aliphatic carboxylic acids is 1. The molecule has 0 spiro atoms. The fraction of sp³-hybridized carbons (Fsp3) is 0.385. The number of carbonyl (C=O) groups is 1. The zero-order valence-electron chi connectivity index (χ0n) is 10.1. The second-order valence-corrected chi connectivity index (χ2v) is 4.22. The summed E-state index contributed by atoms with van der Waals surface area (Å²) in [6, 6.07) is 7.94. The highest BCUT2D eigenvalue weighted by Crippen LogP contribution is 2.20. The molecular formula is C13H16N2O2. The van der Waals surface area contributed by atoms with Gasteiger partial charge in [-0.25, -0.2) is 0 Å². The number of para-hydroxylation sites is 1. The van der Waals surface area contributed by atoms with Crippen LogP contribution in [-0.2, 0) is 17.8 Å². The molecule has 4 heteroatoms. The summed E-state index contributed by atoms with van der Waals surface area (Å²) in [5.74, 6) is -1.18. The molecule has 2 aromatic rings. The molecule has 0 fully saturated rings. The predicted octanol–water partition coefficient (Wildman–Crippen LogP) is 2.32. The summed E-state index contributed by atoms with van der Waals surface area (Å²) in [5, 5.41) is 14.5. The number of carboxylic acids is 1. The van der Waals surface area contributed by atoms with Crippen LogP contribution in [-0.4, -0.2) is 20.9 Å². The number of fused-ring (bicyclic) bond motifs is 1. The molecule has 1 unspecified atom stereocenters. The first kappa shape index (κ1) is 11.6. The Hall–Kier alpha value is -1.84. The Bertz CT molecular complexity index is 545. The van der Waals surface area contributed by atoms with Gasteiger partial charge in [0.25, 0.3) is 0 Å². The Kier molecular flexibility index (Phi) is 3.13. The van der Waals surface area contributed by atoms with Crippen molar-refractivity contribution in [1.29, 1.82) is 0 Å². The van der Waals surface area contributed by atoms with Crippen molar-refractivity contribution in [3.8, 4) is 0 Å². The van der Waals surface area contributed by atoms with Gasteiger partial charge < -0.3 is 5.11 Å². The topological polar surface area (TPSA) is 55.1 Å². The molecule has 2 rings (SSSR count). The summed E-state index contributed by atoms with van der Waals surface area (Å²) >= 11 is 0. The largest absolute Gasteiger partial charge is 0.481 e. The molecule has 17 heavy (non-hydrogen) atoms. The lowest BCUT2D eigenvalue weighted by Gasteiger charge is -2.02. The van der Waals surface area contributed by atoms with Crippen LogP contribution in [0.25, 0.3) is 10.9 Å². The maximum absolute atomic E-state index is 10.9. The van der Waals surface area contributed by atoms with Crippen molar-refractivity contribution in [2.24, 2.45) is 5.92 Å². The summed E-state index contributed by atoms with van der Waals surface area (Å²) in [4.78, 5) is 10.9. The van der Waals surface area contributed by atoms with Gasteiger partial charge in [-0.2, -0.15) is 5.10 Å². The van der Waals surface area contributed by atoms with E-state index >= 15 is 0 Å². The van der Waals surface area contributed by atoms with Gasteiger partial charge in [0.05, 0.1) is 17.1 Å². The van der Waals surface area contributed by atoms with Crippen LogP contribution in [0, 0.1) is 5.92 Å². The van der Waals surface area contributed by atoms with Gasteiger partial charge in [-0.05, 0) is 13.0 Å². The van der Waals surface area contributed by atoms with E-state index in [-0.39, 0.29) is 0 Å². The van der Waals surface area contributed by atoms with Crippen molar-refractivity contribution >= 4 is 16.9 Å². The zero-order chi connectivity index (χ0) is 12.4. The molecule has 1 N–H and O–H groups in total. The van der Waals surface area contributed by atoms with E-state index in [9.17, 15) is 4.79 Å². The van der Waals surface area contributed by atoms with E-state index in [1.807, 2.05) is 35.9 Å². The van der Waals surface area contributed by atoms with E-state index in [4.69, 9.17) is 5.11 Å². The monoisotopic (exact) mass is 232 g/mol. The molecule has 4 nitrogen and oxygen atoms in total. The van der Waals surface area contributed by atoms with Crippen LogP contribution in [0.1, 0.15) is 19.5 Å². The minimum absolute atomic E-state index is 0.404. The summed E-state index contributed by atoms with van der Waals surface area (Å²) < 4.78 is 1.92. The van der Waals surface area contributed by atoms with Crippen LogP contribution < -0.4 is 0 Å². The summed E-state index contributed by atoms with van der Waals surface area (Å²) in [6.07, 6.45) is 0.475. The lowest BCUT2D eigenvalue weighted by Crippen LogP contribution is -2.13. The Morgan fingerprint density at radius 3 is 2.82 bits per heavy atom. The van der Waals surface area contributed by atoms with Gasteiger partial charge >= 0.3 is 5.97 Å². The first-order chi connectivity index (χ1) is 8.13. The van der Waals surface area contributed by atoms with Crippen LogP contribution >= 0.6 is 0 Å². The van der Waals surface area contributed by atoms with Gasteiger partial charge in [0.1, 0.15) is 0 Å². The van der Waals surface area contributed by atoms with Crippen LogP contribution in [0.5, 0.6) is 0 Å². The van der Waals surface area contributed by atoms with E-state index < -0.39 is 11.9 Å². The molecule has 0 saturated heterocycles. The highest BCUT2D eigenvalue weighted by Gasteiger charge is 2.16. The predicted molar refractivity (Wildman–Crippen MR) is 65.9 cm³/mol. The Morgan fingerprint density at radius 2 is 2.18 bits per heavy atom. The first-order valence-corrected chi connectivity index (χ1v) is 5.80. The Balaban J connectivity index is 2.44. The smallest absolute Gasteiger partial charge is 0.306 e. The van der Waals surface area contributed by atoms with Crippen molar-refractivity contribution < 1.29 is 9.90 Å². The third-order valence-electron chi connectivity index (χ3n) is 2.96. The van der Waals surface area contributed by atoms with Crippen molar-refractivity contribution in [3.63, 3.8) is 0 Å². The number of carboxylic acid groups (broad SMARTS) is 1. The van der Waals surface area contributed by atoms with E-state index in [0.29, 0.717) is 6.42 Å². The molecule has 1 aromatic carbocycles. The zero-order valence-corrected chi connectivity index (χ0v) is 10.1. The van der Waals surface area contributed by atoms with Crippen molar-refractivity contribution in [3.05, 3.63) is 30.0 Å². The molecule has 90 valence electrons. The minimum Gasteiger partial charge on any atom is -0.481 e. The molecule has 0 amide bonds. The number of aryl methyl sites for hydroxylation is 1. The maximum Gasteiger partial charge on any atom is 0.306 e. The third-order valence-corrected chi connectivity index (χ3v) is 2.96. The van der Waals surface area contributed by atoms with E-state index in [0.717, 1.165) is 23.1 Å². The molecule has 1 atom stereocenters. The van der Waals surface area contributed by atoms with Gasteiger partial charge in [0, 0.05) is 18.4 Å². The van der Waals surface area contributed by atoms with Gasteiger partial charge in [0.2, 0.25) is 0 Å². The molecule has 0 aliphatic heterocycles.